The number of hydrogen-bond donors (Lipinski definition) is 1. The minimum absolute atomic E-state index is 0.195. The van der Waals surface area contributed by atoms with Gasteiger partial charge in [-0.15, -0.1) is 11.3 Å². The van der Waals surface area contributed by atoms with Gasteiger partial charge in [0.1, 0.15) is 5.00 Å². The van der Waals surface area contributed by atoms with E-state index >= 15 is 0 Å². The number of nitrogens with zero attached hydrogens (tertiary/aromatic N) is 2. The molecule has 0 radical (unpaired) electrons. The van der Waals surface area contributed by atoms with Gasteiger partial charge in [0.25, 0.3) is 5.91 Å². The van der Waals surface area contributed by atoms with Gasteiger partial charge >= 0.3 is 5.97 Å². The summed E-state index contributed by atoms with van der Waals surface area (Å²) in [6.45, 7) is 4.32. The Bertz CT molecular complexity index is 915. The van der Waals surface area contributed by atoms with Crippen molar-refractivity contribution in [1.29, 1.82) is 0 Å². The molecule has 1 aromatic heterocycles. The molecule has 168 valence electrons. The highest BCUT2D eigenvalue weighted by atomic mass is 32.2. The average Bonchev–Trinajstić information content (AvgIpc) is 3.00. The normalized spacial score (nSPS) is 15.6. The van der Waals surface area contributed by atoms with Crippen LogP contribution < -0.4 is 5.32 Å². The van der Waals surface area contributed by atoms with Crippen LogP contribution in [-0.4, -0.2) is 75.5 Å². The molecule has 11 heteroatoms. The van der Waals surface area contributed by atoms with Crippen LogP contribution in [0.2, 0.25) is 0 Å². The van der Waals surface area contributed by atoms with Gasteiger partial charge in [0, 0.05) is 33.1 Å². The largest absolute Gasteiger partial charge is 0.462 e. The summed E-state index contributed by atoms with van der Waals surface area (Å²) in [4.78, 5) is 39.7. The second-order valence-corrected chi connectivity index (χ2v) is 10.5. The van der Waals surface area contributed by atoms with Crippen LogP contribution in [0.4, 0.5) is 5.00 Å². The average molecular weight is 460 g/mol. The minimum atomic E-state index is -3.28. The summed E-state index contributed by atoms with van der Waals surface area (Å²) in [6.07, 6.45) is 2.59. The summed E-state index contributed by atoms with van der Waals surface area (Å²) >= 11 is 1.05. The number of carbonyl (C=O) groups is 3. The molecule has 30 heavy (non-hydrogen) atoms. The summed E-state index contributed by atoms with van der Waals surface area (Å²) < 4.78 is 29.9. The first kappa shape index (κ1) is 24.3. The number of ether oxygens (including phenoxy) is 1. The van der Waals surface area contributed by atoms with Crippen LogP contribution in [-0.2, 0) is 19.6 Å². The fourth-order valence-corrected chi connectivity index (χ4v) is 5.28. The quantitative estimate of drug-likeness (QED) is 0.624. The Hall–Kier alpha value is -1.98. The van der Waals surface area contributed by atoms with Crippen LogP contribution in [0.15, 0.2) is 0 Å². The van der Waals surface area contributed by atoms with Crippen molar-refractivity contribution in [3.8, 4) is 0 Å². The number of piperidine rings is 1. The number of rotatable bonds is 7. The van der Waals surface area contributed by atoms with Gasteiger partial charge in [0.2, 0.25) is 15.9 Å². The fraction of sp³-hybridized carbons (Fsp3) is 0.632. The molecule has 1 N–H and O–H groups in total. The van der Waals surface area contributed by atoms with Crippen molar-refractivity contribution in [2.45, 2.75) is 33.1 Å². The maximum absolute atomic E-state index is 12.8. The third-order valence-electron chi connectivity index (χ3n) is 4.92. The molecule has 1 fully saturated rings. The predicted octanol–water partition coefficient (Wildman–Crippen LogP) is 1.94. The zero-order chi connectivity index (χ0) is 22.6. The number of nitrogens with one attached hydrogen (secondary N) is 1. The van der Waals surface area contributed by atoms with Crippen LogP contribution >= 0.6 is 11.3 Å². The number of carbonyl (C=O) groups excluding carboxylic acids is 3. The third kappa shape index (κ3) is 5.58. The van der Waals surface area contributed by atoms with Crippen molar-refractivity contribution in [3.63, 3.8) is 0 Å². The molecule has 0 atom stereocenters. The smallest absolute Gasteiger partial charge is 0.341 e. The lowest BCUT2D eigenvalue weighted by atomic mass is 9.97. The molecule has 1 aliphatic rings. The first-order valence-electron chi connectivity index (χ1n) is 9.75. The van der Waals surface area contributed by atoms with Crippen LogP contribution in [0.3, 0.4) is 0 Å². The van der Waals surface area contributed by atoms with Crippen LogP contribution in [0, 0.1) is 12.8 Å². The molecule has 0 unspecified atom stereocenters. The van der Waals surface area contributed by atoms with Gasteiger partial charge < -0.3 is 15.0 Å². The SMILES string of the molecule is CCCOC(=O)c1c(NC(=O)C2CCN(S(C)(=O)=O)CC2)sc(C(=O)N(C)C)c1C. The third-order valence-corrected chi connectivity index (χ3v) is 7.42. The number of anilines is 1. The van der Waals surface area contributed by atoms with E-state index in [1.165, 1.54) is 9.21 Å². The number of hydrogen-bond acceptors (Lipinski definition) is 7. The molecular weight excluding hydrogens is 430 g/mol. The molecule has 2 amide bonds. The van der Waals surface area contributed by atoms with Crippen LogP contribution in [0.25, 0.3) is 0 Å². The maximum Gasteiger partial charge on any atom is 0.341 e. The predicted molar refractivity (Wildman–Crippen MR) is 115 cm³/mol. The van der Waals surface area contributed by atoms with Gasteiger partial charge in [-0.1, -0.05) is 6.92 Å². The lowest BCUT2D eigenvalue weighted by Gasteiger charge is -2.29. The Morgan fingerprint density at radius 3 is 2.33 bits per heavy atom. The molecule has 9 nitrogen and oxygen atoms in total. The van der Waals surface area contributed by atoms with Crippen molar-refractivity contribution in [2.75, 3.05) is 45.4 Å². The van der Waals surface area contributed by atoms with E-state index in [2.05, 4.69) is 5.32 Å². The van der Waals surface area contributed by atoms with E-state index in [-0.39, 0.29) is 48.0 Å². The van der Waals surface area contributed by atoms with Crippen molar-refractivity contribution >= 4 is 44.1 Å². The highest BCUT2D eigenvalue weighted by molar-refractivity contribution is 7.88. The first-order chi connectivity index (χ1) is 14.0. The maximum atomic E-state index is 12.8. The molecule has 0 bridgehead atoms. The van der Waals surface area contributed by atoms with E-state index in [0.29, 0.717) is 29.7 Å². The first-order valence-corrected chi connectivity index (χ1v) is 12.4. The van der Waals surface area contributed by atoms with Crippen LogP contribution in [0.1, 0.15) is 51.8 Å². The molecule has 1 aliphatic heterocycles. The summed E-state index contributed by atoms with van der Waals surface area (Å²) in [5, 5.41) is 3.07. The van der Waals surface area contributed by atoms with Gasteiger partial charge in [-0.25, -0.2) is 17.5 Å². The van der Waals surface area contributed by atoms with E-state index in [1.54, 1.807) is 21.0 Å². The summed E-state index contributed by atoms with van der Waals surface area (Å²) in [6, 6.07) is 0. The number of thiophene rings is 1. The van der Waals surface area contributed by atoms with Gasteiger partial charge in [0.15, 0.2) is 0 Å². The Kier molecular flexibility index (Phi) is 8.00. The highest BCUT2D eigenvalue weighted by Crippen LogP contribution is 2.35. The van der Waals surface area contributed by atoms with Crippen LogP contribution in [0.5, 0.6) is 0 Å². The zero-order valence-electron chi connectivity index (χ0n) is 18.0. The number of esters is 1. The monoisotopic (exact) mass is 459 g/mol. The van der Waals surface area contributed by atoms with Crippen molar-refractivity contribution in [1.82, 2.24) is 9.21 Å². The molecule has 1 saturated heterocycles. The van der Waals surface area contributed by atoms with E-state index in [9.17, 15) is 22.8 Å². The topological polar surface area (TPSA) is 113 Å². The molecule has 2 rings (SSSR count). The summed E-state index contributed by atoms with van der Waals surface area (Å²) in [7, 11) is -0.0494. The van der Waals surface area contributed by atoms with Gasteiger partial charge in [-0.3, -0.25) is 9.59 Å². The molecular formula is C19H29N3O6S2. The van der Waals surface area contributed by atoms with Crippen molar-refractivity contribution < 1.29 is 27.5 Å². The molecule has 1 aromatic rings. The zero-order valence-corrected chi connectivity index (χ0v) is 19.6. The molecule has 2 heterocycles. The fourth-order valence-electron chi connectivity index (χ4n) is 3.18. The van der Waals surface area contributed by atoms with E-state index in [4.69, 9.17) is 4.74 Å². The second kappa shape index (κ2) is 9.88. The van der Waals surface area contributed by atoms with Crippen molar-refractivity contribution in [3.05, 3.63) is 16.0 Å². The number of sulfonamides is 1. The minimum Gasteiger partial charge on any atom is -0.462 e. The van der Waals surface area contributed by atoms with E-state index < -0.39 is 16.0 Å². The Morgan fingerprint density at radius 1 is 1.23 bits per heavy atom. The molecule has 0 aromatic carbocycles. The molecule has 0 saturated carbocycles. The second-order valence-electron chi connectivity index (χ2n) is 7.52. The number of amides is 2. The highest BCUT2D eigenvalue weighted by Gasteiger charge is 2.32. The van der Waals surface area contributed by atoms with Gasteiger partial charge in [-0.2, -0.15) is 0 Å². The Labute approximate surface area is 181 Å². The van der Waals surface area contributed by atoms with Gasteiger partial charge in [-0.05, 0) is 31.7 Å². The van der Waals surface area contributed by atoms with E-state index in [0.717, 1.165) is 17.6 Å². The lowest BCUT2D eigenvalue weighted by molar-refractivity contribution is -0.120. The van der Waals surface area contributed by atoms with Crippen molar-refractivity contribution in [2.24, 2.45) is 5.92 Å². The van der Waals surface area contributed by atoms with E-state index in [1.807, 2.05) is 6.92 Å². The summed E-state index contributed by atoms with van der Waals surface area (Å²) in [5.74, 6) is -1.51. The summed E-state index contributed by atoms with van der Waals surface area (Å²) in [5.41, 5.74) is 0.669. The molecule has 0 spiro atoms. The lowest BCUT2D eigenvalue weighted by Crippen LogP contribution is -2.40. The molecule has 0 aliphatic carbocycles. The van der Waals surface area contributed by atoms with Gasteiger partial charge in [0.05, 0.1) is 23.3 Å². The Balaban J connectivity index is 2.25. The Morgan fingerprint density at radius 2 is 1.83 bits per heavy atom. The standard InChI is InChI=1S/C19H29N3O6S2/c1-6-11-28-19(25)14-12(2)15(18(24)21(3)4)29-17(14)20-16(23)13-7-9-22(10-8-13)30(5,26)27/h13H,6-11H2,1-5H3,(H,20,23).